The lowest BCUT2D eigenvalue weighted by Crippen LogP contribution is -2.00. The number of furan rings is 2. The summed E-state index contributed by atoms with van der Waals surface area (Å²) in [6.45, 7) is 0. The molecule has 0 amide bonds. The Kier molecular flexibility index (Phi) is 6.15. The lowest BCUT2D eigenvalue weighted by Gasteiger charge is -2.10. The minimum atomic E-state index is 0.598. The van der Waals surface area contributed by atoms with E-state index in [-0.39, 0.29) is 0 Å². The number of benzene rings is 7. The standard InChI is InChI=1S/C46H26N4O2/c1-2-9-27(10-3-1)44-48-45(50-46(49-44)35-14-7-17-40-43(35)34-12-4-5-15-38(34)51-40)32-21-19-28-23-30(20-18-29(28)24-32)33-13-6-16-39-42(33)36-25-31-11-8-22-47-37(31)26-41(36)52-39/h1-26H. The Labute approximate surface area is 296 Å². The van der Waals surface area contributed by atoms with Gasteiger partial charge in [-0.1, -0.05) is 103 Å². The molecule has 11 rings (SSSR count). The van der Waals surface area contributed by atoms with Gasteiger partial charge >= 0.3 is 0 Å². The molecule has 6 heteroatoms. The van der Waals surface area contributed by atoms with Crippen LogP contribution >= 0.6 is 0 Å². The molecule has 0 aliphatic heterocycles. The SMILES string of the molecule is c1ccc(-c2nc(-c3ccc4cc(-c5cccc6oc7cc8ncccc8cc7c56)ccc4c3)nc(-c3cccc4oc5ccccc5c34)n2)cc1. The first-order valence-electron chi connectivity index (χ1n) is 17.2. The molecule has 0 saturated heterocycles. The highest BCUT2D eigenvalue weighted by molar-refractivity contribution is 6.16. The van der Waals surface area contributed by atoms with Crippen LogP contribution in [0.2, 0.25) is 0 Å². The first-order chi connectivity index (χ1) is 25.7. The highest BCUT2D eigenvalue weighted by Crippen LogP contribution is 2.40. The van der Waals surface area contributed by atoms with Crippen LogP contribution in [-0.4, -0.2) is 19.9 Å². The average molecular weight is 667 g/mol. The Hall–Kier alpha value is -7.18. The Morgan fingerprint density at radius 3 is 1.87 bits per heavy atom. The number of pyridine rings is 1. The molecule has 0 saturated carbocycles. The summed E-state index contributed by atoms with van der Waals surface area (Å²) in [6, 6.07) is 51.7. The largest absolute Gasteiger partial charge is 0.456 e. The molecular formula is C46H26N4O2. The van der Waals surface area contributed by atoms with Crippen LogP contribution in [0.4, 0.5) is 0 Å². The summed E-state index contributed by atoms with van der Waals surface area (Å²) in [7, 11) is 0. The maximum absolute atomic E-state index is 6.33. The third kappa shape index (κ3) is 4.51. The molecule has 0 spiro atoms. The summed E-state index contributed by atoms with van der Waals surface area (Å²) in [5.74, 6) is 1.82. The molecule has 52 heavy (non-hydrogen) atoms. The molecule has 11 aromatic rings. The number of fused-ring (bicyclic) bond motifs is 8. The van der Waals surface area contributed by atoms with Crippen LogP contribution in [0.1, 0.15) is 0 Å². The normalized spacial score (nSPS) is 11.8. The van der Waals surface area contributed by atoms with E-state index in [0.29, 0.717) is 17.5 Å². The summed E-state index contributed by atoms with van der Waals surface area (Å²) < 4.78 is 12.5. The van der Waals surface area contributed by atoms with Crippen molar-refractivity contribution in [2.45, 2.75) is 0 Å². The van der Waals surface area contributed by atoms with Crippen molar-refractivity contribution in [1.82, 2.24) is 19.9 Å². The molecule has 0 radical (unpaired) electrons. The molecule has 0 bridgehead atoms. The summed E-state index contributed by atoms with van der Waals surface area (Å²) in [5.41, 5.74) is 9.23. The zero-order valence-electron chi connectivity index (χ0n) is 27.6. The van der Waals surface area contributed by atoms with Crippen LogP contribution in [-0.2, 0) is 0 Å². The summed E-state index contributed by atoms with van der Waals surface area (Å²) in [5, 5.41) is 7.51. The minimum absolute atomic E-state index is 0.598. The van der Waals surface area contributed by atoms with Crippen molar-refractivity contribution >= 4 is 65.6 Å². The second-order valence-electron chi connectivity index (χ2n) is 13.1. The molecule has 0 fully saturated rings. The molecule has 0 aliphatic rings. The number of nitrogens with zero attached hydrogens (tertiary/aromatic N) is 4. The molecular weight excluding hydrogens is 641 g/mol. The van der Waals surface area contributed by atoms with Gasteiger partial charge in [-0.25, -0.2) is 15.0 Å². The van der Waals surface area contributed by atoms with E-state index in [0.717, 1.165) is 93.4 Å². The van der Waals surface area contributed by atoms with Crippen molar-refractivity contribution in [2.75, 3.05) is 0 Å². The molecule has 0 atom stereocenters. The highest BCUT2D eigenvalue weighted by Gasteiger charge is 2.19. The molecule has 4 heterocycles. The van der Waals surface area contributed by atoms with Crippen molar-refractivity contribution < 1.29 is 8.83 Å². The number of para-hydroxylation sites is 1. The van der Waals surface area contributed by atoms with Gasteiger partial charge in [-0.2, -0.15) is 0 Å². The number of aromatic nitrogens is 4. The van der Waals surface area contributed by atoms with Crippen molar-refractivity contribution in [3.05, 3.63) is 158 Å². The fraction of sp³-hybridized carbons (Fsp3) is 0. The molecule has 4 aromatic heterocycles. The average Bonchev–Trinajstić information content (AvgIpc) is 3.77. The third-order valence-corrected chi connectivity index (χ3v) is 9.94. The van der Waals surface area contributed by atoms with Crippen molar-refractivity contribution in [2.24, 2.45) is 0 Å². The van der Waals surface area contributed by atoms with E-state index in [2.05, 4.69) is 77.8 Å². The van der Waals surface area contributed by atoms with E-state index < -0.39 is 0 Å². The molecule has 6 nitrogen and oxygen atoms in total. The van der Waals surface area contributed by atoms with Gasteiger partial charge in [-0.15, -0.1) is 0 Å². The Balaban J connectivity index is 1.05. The van der Waals surface area contributed by atoms with Crippen LogP contribution in [0.15, 0.2) is 167 Å². The van der Waals surface area contributed by atoms with Gasteiger partial charge in [0.05, 0.1) is 5.52 Å². The van der Waals surface area contributed by atoms with Gasteiger partial charge in [-0.3, -0.25) is 4.98 Å². The van der Waals surface area contributed by atoms with Crippen LogP contribution in [0.3, 0.4) is 0 Å². The van der Waals surface area contributed by atoms with Gasteiger partial charge in [0.15, 0.2) is 17.5 Å². The van der Waals surface area contributed by atoms with E-state index in [9.17, 15) is 0 Å². The van der Waals surface area contributed by atoms with E-state index in [1.165, 1.54) is 0 Å². The minimum Gasteiger partial charge on any atom is -0.456 e. The molecule has 0 unspecified atom stereocenters. The van der Waals surface area contributed by atoms with Crippen LogP contribution in [0.5, 0.6) is 0 Å². The van der Waals surface area contributed by atoms with Gasteiger partial charge in [0.2, 0.25) is 0 Å². The van der Waals surface area contributed by atoms with Crippen molar-refractivity contribution in [3.63, 3.8) is 0 Å². The van der Waals surface area contributed by atoms with Gasteiger partial charge in [0, 0.05) is 55.9 Å². The van der Waals surface area contributed by atoms with E-state index in [1.807, 2.05) is 85.1 Å². The lowest BCUT2D eigenvalue weighted by atomic mass is 9.96. The highest BCUT2D eigenvalue weighted by atomic mass is 16.3. The summed E-state index contributed by atoms with van der Waals surface area (Å²) in [6.07, 6.45) is 1.81. The van der Waals surface area contributed by atoms with Crippen molar-refractivity contribution in [1.29, 1.82) is 0 Å². The van der Waals surface area contributed by atoms with Gasteiger partial charge < -0.3 is 8.83 Å². The number of rotatable bonds is 4. The lowest BCUT2D eigenvalue weighted by molar-refractivity contribution is 0.668. The van der Waals surface area contributed by atoms with Gasteiger partial charge in [0.1, 0.15) is 22.3 Å². The maximum Gasteiger partial charge on any atom is 0.164 e. The van der Waals surface area contributed by atoms with Crippen molar-refractivity contribution in [3.8, 4) is 45.3 Å². The summed E-state index contributed by atoms with van der Waals surface area (Å²) >= 11 is 0. The first kappa shape index (κ1) is 28.6. The number of hydrogen-bond acceptors (Lipinski definition) is 6. The molecule has 7 aromatic carbocycles. The maximum atomic E-state index is 6.33. The van der Waals surface area contributed by atoms with Crippen LogP contribution < -0.4 is 0 Å². The van der Waals surface area contributed by atoms with Crippen LogP contribution in [0.25, 0.3) is 111 Å². The second-order valence-corrected chi connectivity index (χ2v) is 13.1. The predicted octanol–water partition coefficient (Wildman–Crippen LogP) is 12.0. The topological polar surface area (TPSA) is 77.8 Å². The molecule has 0 N–H and O–H groups in total. The summed E-state index contributed by atoms with van der Waals surface area (Å²) in [4.78, 5) is 19.7. The Morgan fingerprint density at radius 1 is 0.365 bits per heavy atom. The zero-order chi connectivity index (χ0) is 34.2. The van der Waals surface area contributed by atoms with Gasteiger partial charge in [-0.05, 0) is 64.4 Å². The Bertz CT molecular complexity index is 3200. The van der Waals surface area contributed by atoms with Crippen LogP contribution in [0, 0.1) is 0 Å². The third-order valence-electron chi connectivity index (χ3n) is 9.94. The monoisotopic (exact) mass is 666 g/mol. The van der Waals surface area contributed by atoms with Gasteiger partial charge in [0.25, 0.3) is 0 Å². The van der Waals surface area contributed by atoms with E-state index in [4.69, 9.17) is 23.8 Å². The molecule has 0 aliphatic carbocycles. The number of hydrogen-bond donors (Lipinski definition) is 0. The smallest absolute Gasteiger partial charge is 0.164 e. The predicted molar refractivity (Wildman–Crippen MR) is 209 cm³/mol. The fourth-order valence-corrected chi connectivity index (χ4v) is 7.49. The second kappa shape index (κ2) is 11.2. The fourth-order valence-electron chi connectivity index (χ4n) is 7.49. The first-order valence-corrected chi connectivity index (χ1v) is 17.2. The zero-order valence-corrected chi connectivity index (χ0v) is 27.6. The molecule has 242 valence electrons. The van der Waals surface area contributed by atoms with E-state index >= 15 is 0 Å². The quantitative estimate of drug-likeness (QED) is 0.186. The van der Waals surface area contributed by atoms with E-state index in [1.54, 1.807) is 0 Å². The Morgan fingerprint density at radius 2 is 1.02 bits per heavy atom.